The van der Waals surface area contributed by atoms with Crippen molar-refractivity contribution in [2.24, 2.45) is 5.10 Å². The van der Waals surface area contributed by atoms with E-state index in [0.717, 1.165) is 0 Å². The number of aromatic nitrogens is 1. The van der Waals surface area contributed by atoms with E-state index in [2.05, 4.69) is 15.5 Å². The fraction of sp³-hybridized carbons (Fsp3) is 0.0909. The van der Waals surface area contributed by atoms with E-state index in [0.29, 0.717) is 29.2 Å². The number of nitrogens with one attached hydrogen (secondary N) is 1. The molecule has 0 saturated carbocycles. The average Bonchev–Trinajstić information content (AvgIpc) is 2.76. The third-order valence-corrected chi connectivity index (χ3v) is 3.76. The minimum absolute atomic E-state index is 0.267. The number of hydrazone groups is 1. The number of hydrogen-bond acceptors (Lipinski definition) is 6. The van der Waals surface area contributed by atoms with Gasteiger partial charge in [0.05, 0.1) is 18.4 Å². The minimum atomic E-state index is -0.476. The summed E-state index contributed by atoms with van der Waals surface area (Å²) in [5, 5.41) is 3.93. The van der Waals surface area contributed by atoms with Gasteiger partial charge in [-0.05, 0) is 55.0 Å². The number of carbonyl (C=O) groups is 2. The van der Waals surface area contributed by atoms with Crippen molar-refractivity contribution >= 4 is 18.1 Å². The summed E-state index contributed by atoms with van der Waals surface area (Å²) < 4.78 is 11.0. The van der Waals surface area contributed by atoms with Crippen LogP contribution in [0.15, 0.2) is 78.0 Å². The third-order valence-electron chi connectivity index (χ3n) is 3.76. The molecule has 0 spiro atoms. The van der Waals surface area contributed by atoms with Gasteiger partial charge in [0.25, 0.3) is 5.91 Å². The van der Waals surface area contributed by atoms with Gasteiger partial charge >= 0.3 is 5.97 Å². The lowest BCUT2D eigenvalue weighted by molar-refractivity contribution is 0.0728. The van der Waals surface area contributed by atoms with Crippen LogP contribution in [0, 0.1) is 0 Å². The lowest BCUT2D eigenvalue weighted by Crippen LogP contribution is -2.18. The highest BCUT2D eigenvalue weighted by atomic mass is 16.6. The Morgan fingerprint density at radius 1 is 1.03 bits per heavy atom. The van der Waals surface area contributed by atoms with Gasteiger partial charge in [0.15, 0.2) is 11.5 Å². The number of esters is 1. The van der Waals surface area contributed by atoms with Gasteiger partial charge in [-0.25, -0.2) is 10.2 Å². The summed E-state index contributed by atoms with van der Waals surface area (Å²) in [6.45, 7) is 2.23. The second kappa shape index (κ2) is 9.80. The molecule has 3 aromatic rings. The molecule has 0 bridgehead atoms. The lowest BCUT2D eigenvalue weighted by atomic mass is 10.2. The summed E-state index contributed by atoms with van der Waals surface area (Å²) in [6, 6.07) is 18.7. The lowest BCUT2D eigenvalue weighted by Gasteiger charge is -2.11. The molecule has 0 unspecified atom stereocenters. The van der Waals surface area contributed by atoms with Crippen LogP contribution in [0.3, 0.4) is 0 Å². The standard InChI is InChI=1S/C22H19N3O4/c1-2-28-20-14-16(15-24-25-21(26)18-10-6-7-13-23-18)11-12-19(20)29-22(27)17-8-4-3-5-9-17/h3-15H,2H2,1H3,(H,25,26)/b24-15-. The van der Waals surface area contributed by atoms with Crippen molar-refractivity contribution in [1.29, 1.82) is 0 Å². The molecule has 0 fully saturated rings. The fourth-order valence-electron chi connectivity index (χ4n) is 2.41. The Labute approximate surface area is 168 Å². The van der Waals surface area contributed by atoms with Crippen LogP contribution < -0.4 is 14.9 Å². The molecule has 0 radical (unpaired) electrons. The van der Waals surface area contributed by atoms with Crippen molar-refractivity contribution in [1.82, 2.24) is 10.4 Å². The molecule has 0 aliphatic heterocycles. The van der Waals surface area contributed by atoms with E-state index >= 15 is 0 Å². The Morgan fingerprint density at radius 3 is 2.55 bits per heavy atom. The third kappa shape index (κ3) is 5.49. The second-order valence-electron chi connectivity index (χ2n) is 5.81. The number of nitrogens with zero attached hydrogens (tertiary/aromatic N) is 2. The summed E-state index contributed by atoms with van der Waals surface area (Å²) in [7, 11) is 0. The minimum Gasteiger partial charge on any atom is -0.490 e. The van der Waals surface area contributed by atoms with Crippen molar-refractivity contribution in [2.75, 3.05) is 6.61 Å². The Kier molecular flexibility index (Phi) is 6.67. The number of benzene rings is 2. The van der Waals surface area contributed by atoms with Gasteiger partial charge in [0.2, 0.25) is 0 Å². The van der Waals surface area contributed by atoms with Crippen molar-refractivity contribution < 1.29 is 19.1 Å². The Morgan fingerprint density at radius 2 is 1.83 bits per heavy atom. The van der Waals surface area contributed by atoms with Gasteiger partial charge < -0.3 is 9.47 Å². The maximum Gasteiger partial charge on any atom is 0.343 e. The smallest absolute Gasteiger partial charge is 0.343 e. The van der Waals surface area contributed by atoms with Crippen molar-refractivity contribution in [2.45, 2.75) is 6.92 Å². The van der Waals surface area contributed by atoms with Crippen LogP contribution >= 0.6 is 0 Å². The molecule has 0 aliphatic rings. The SMILES string of the molecule is CCOc1cc(/C=N\NC(=O)c2ccccn2)ccc1OC(=O)c1ccccc1. The maximum absolute atomic E-state index is 12.3. The summed E-state index contributed by atoms with van der Waals surface area (Å²) in [5.74, 6) is -0.192. The number of amides is 1. The van der Waals surface area contributed by atoms with Crippen LogP contribution in [-0.4, -0.2) is 29.7 Å². The predicted octanol–water partition coefficient (Wildman–Crippen LogP) is 3.46. The highest BCUT2D eigenvalue weighted by Gasteiger charge is 2.13. The quantitative estimate of drug-likeness (QED) is 0.289. The topological polar surface area (TPSA) is 89.9 Å². The fourth-order valence-corrected chi connectivity index (χ4v) is 2.41. The van der Waals surface area contributed by atoms with E-state index in [9.17, 15) is 9.59 Å². The number of carbonyl (C=O) groups excluding carboxylic acids is 2. The van der Waals surface area contributed by atoms with E-state index in [1.54, 1.807) is 60.7 Å². The van der Waals surface area contributed by atoms with Crippen LogP contribution in [0.4, 0.5) is 0 Å². The number of ether oxygens (including phenoxy) is 2. The molecule has 1 aromatic heterocycles. The molecule has 7 heteroatoms. The maximum atomic E-state index is 12.3. The van der Waals surface area contributed by atoms with Crippen LogP contribution in [0.1, 0.15) is 33.3 Å². The first-order chi connectivity index (χ1) is 14.2. The molecule has 7 nitrogen and oxygen atoms in total. The molecular weight excluding hydrogens is 370 g/mol. The van der Waals surface area contributed by atoms with Crippen molar-refractivity contribution in [3.63, 3.8) is 0 Å². The molecule has 1 N–H and O–H groups in total. The van der Waals surface area contributed by atoms with Crippen molar-refractivity contribution in [3.8, 4) is 11.5 Å². The van der Waals surface area contributed by atoms with Gasteiger partial charge in [-0.3, -0.25) is 9.78 Å². The first-order valence-electron chi connectivity index (χ1n) is 8.96. The Hall–Kier alpha value is -4.00. The first kappa shape index (κ1) is 19.8. The van der Waals surface area contributed by atoms with Crippen LogP contribution in [0.5, 0.6) is 11.5 Å². The number of rotatable bonds is 7. The summed E-state index contributed by atoms with van der Waals surface area (Å²) >= 11 is 0. The Balaban J connectivity index is 1.70. The van der Waals surface area contributed by atoms with E-state index in [1.165, 1.54) is 12.4 Å². The molecule has 2 aromatic carbocycles. The van der Waals surface area contributed by atoms with Crippen LogP contribution in [0.25, 0.3) is 0 Å². The molecule has 1 heterocycles. The molecule has 1 amide bonds. The average molecular weight is 389 g/mol. The molecule has 29 heavy (non-hydrogen) atoms. The molecule has 3 rings (SSSR count). The Bertz CT molecular complexity index is 1010. The number of hydrogen-bond donors (Lipinski definition) is 1. The van der Waals surface area contributed by atoms with Crippen molar-refractivity contribution in [3.05, 3.63) is 89.7 Å². The summed E-state index contributed by atoms with van der Waals surface area (Å²) in [5.41, 5.74) is 3.78. The predicted molar refractivity (Wildman–Crippen MR) is 108 cm³/mol. The molecule has 0 saturated heterocycles. The van der Waals surface area contributed by atoms with Gasteiger partial charge in [-0.1, -0.05) is 24.3 Å². The first-order valence-corrected chi connectivity index (χ1v) is 8.96. The normalized spacial score (nSPS) is 10.5. The molecule has 146 valence electrons. The highest BCUT2D eigenvalue weighted by Crippen LogP contribution is 2.28. The monoisotopic (exact) mass is 389 g/mol. The highest BCUT2D eigenvalue weighted by molar-refractivity contribution is 5.93. The van der Waals surface area contributed by atoms with Gasteiger partial charge in [0.1, 0.15) is 5.69 Å². The summed E-state index contributed by atoms with van der Waals surface area (Å²) in [4.78, 5) is 28.2. The number of pyridine rings is 1. The van der Waals surface area contributed by atoms with Gasteiger partial charge in [-0.2, -0.15) is 5.10 Å². The molecule has 0 aliphatic carbocycles. The zero-order valence-corrected chi connectivity index (χ0v) is 15.7. The van der Waals surface area contributed by atoms with E-state index in [1.807, 2.05) is 13.0 Å². The second-order valence-corrected chi connectivity index (χ2v) is 5.81. The van der Waals surface area contributed by atoms with E-state index < -0.39 is 11.9 Å². The van der Waals surface area contributed by atoms with Crippen LogP contribution in [0.2, 0.25) is 0 Å². The zero-order valence-electron chi connectivity index (χ0n) is 15.7. The largest absolute Gasteiger partial charge is 0.490 e. The summed E-state index contributed by atoms with van der Waals surface area (Å²) in [6.07, 6.45) is 2.99. The van der Waals surface area contributed by atoms with E-state index in [4.69, 9.17) is 9.47 Å². The van der Waals surface area contributed by atoms with Crippen LogP contribution in [-0.2, 0) is 0 Å². The molecular formula is C22H19N3O4. The van der Waals surface area contributed by atoms with Gasteiger partial charge in [-0.15, -0.1) is 0 Å². The zero-order chi connectivity index (χ0) is 20.5. The van der Waals surface area contributed by atoms with E-state index in [-0.39, 0.29) is 5.69 Å². The molecule has 0 atom stereocenters. The van der Waals surface area contributed by atoms with Gasteiger partial charge in [0, 0.05) is 6.20 Å².